The zero-order valence-electron chi connectivity index (χ0n) is 11.4. The smallest absolute Gasteiger partial charge is 0.357 e. The summed E-state index contributed by atoms with van der Waals surface area (Å²) in [4.78, 5) is 0. The van der Waals surface area contributed by atoms with E-state index in [0.717, 1.165) is 24.8 Å². The first-order valence-corrected chi connectivity index (χ1v) is 8.38. The Morgan fingerprint density at radius 2 is 2.06 bits per heavy atom. The second kappa shape index (κ2) is 5.87. The molecule has 1 saturated heterocycles. The van der Waals surface area contributed by atoms with Crippen molar-refractivity contribution in [1.29, 1.82) is 0 Å². The lowest BCUT2D eigenvalue weighted by Crippen LogP contribution is -2.25. The first kappa shape index (κ1) is 14.3. The zero-order valence-corrected chi connectivity index (χ0v) is 12.3. The lowest BCUT2D eigenvalue weighted by molar-refractivity contribution is 0.0786. The van der Waals surface area contributed by atoms with E-state index in [1.54, 1.807) is 0 Å². The van der Waals surface area contributed by atoms with E-state index in [0.29, 0.717) is 25.2 Å². The van der Waals surface area contributed by atoms with Gasteiger partial charge in [0.15, 0.2) is 0 Å². The van der Waals surface area contributed by atoms with Crippen LogP contribution in [-0.4, -0.2) is 25.9 Å². The molecule has 0 saturated carbocycles. The predicted molar refractivity (Wildman–Crippen MR) is 70.6 cm³/mol. The third-order valence-corrected chi connectivity index (χ3v) is 6.07. The number of allylic oxidation sites excluding steroid dienone is 1. The Morgan fingerprint density at radius 3 is 2.67 bits per heavy atom. The van der Waals surface area contributed by atoms with E-state index in [4.69, 9.17) is 13.8 Å². The maximum atomic E-state index is 12.8. The van der Waals surface area contributed by atoms with Gasteiger partial charge in [0.2, 0.25) is 0 Å². The van der Waals surface area contributed by atoms with Crippen molar-refractivity contribution in [2.45, 2.75) is 39.7 Å². The SMILES string of the molecule is CCOP(=O)(OCC)C1=C[C@H]2CCO[C@H]2C[C@H]1C. The normalized spacial score (nSPS) is 32.2. The van der Waals surface area contributed by atoms with E-state index in [-0.39, 0.29) is 5.92 Å². The summed E-state index contributed by atoms with van der Waals surface area (Å²) in [5, 5.41) is 0.859. The summed E-state index contributed by atoms with van der Waals surface area (Å²) in [5.74, 6) is 0.582. The van der Waals surface area contributed by atoms with Crippen molar-refractivity contribution in [3.05, 3.63) is 11.4 Å². The van der Waals surface area contributed by atoms with Gasteiger partial charge < -0.3 is 13.8 Å². The maximum absolute atomic E-state index is 12.8. The van der Waals surface area contributed by atoms with Gasteiger partial charge in [0.05, 0.1) is 19.3 Å². The quantitative estimate of drug-likeness (QED) is 0.719. The zero-order chi connectivity index (χ0) is 13.2. The fourth-order valence-corrected chi connectivity index (χ4v) is 4.91. The standard InChI is InChI=1S/C13H23O4P/c1-4-16-18(14,17-5-2)13-9-11-6-7-15-12(11)8-10(13)3/h9-12H,4-8H2,1-3H3/t10-,11-,12+/m1/s1. The Morgan fingerprint density at radius 1 is 1.39 bits per heavy atom. The Bertz CT molecular complexity index is 356. The van der Waals surface area contributed by atoms with E-state index in [2.05, 4.69) is 13.0 Å². The van der Waals surface area contributed by atoms with Crippen LogP contribution in [0.15, 0.2) is 11.4 Å². The summed E-state index contributed by atoms with van der Waals surface area (Å²) >= 11 is 0. The molecule has 0 N–H and O–H groups in total. The summed E-state index contributed by atoms with van der Waals surface area (Å²) in [6, 6.07) is 0. The Hall–Kier alpha value is -0.150. The molecule has 2 rings (SSSR count). The lowest BCUT2D eigenvalue weighted by atomic mass is 9.86. The molecule has 3 atom stereocenters. The Balaban J connectivity index is 2.25. The third-order valence-electron chi connectivity index (χ3n) is 3.65. The van der Waals surface area contributed by atoms with Crippen LogP contribution >= 0.6 is 7.60 Å². The molecule has 0 aromatic heterocycles. The van der Waals surface area contributed by atoms with Gasteiger partial charge in [-0.3, -0.25) is 4.57 Å². The van der Waals surface area contributed by atoms with Gasteiger partial charge in [0.1, 0.15) is 0 Å². The van der Waals surface area contributed by atoms with Gasteiger partial charge in [-0.2, -0.15) is 0 Å². The van der Waals surface area contributed by atoms with Crippen molar-refractivity contribution in [2.75, 3.05) is 19.8 Å². The van der Waals surface area contributed by atoms with E-state index in [1.807, 2.05) is 13.8 Å². The van der Waals surface area contributed by atoms with Crippen molar-refractivity contribution in [2.24, 2.45) is 11.8 Å². The van der Waals surface area contributed by atoms with Crippen LogP contribution in [0.2, 0.25) is 0 Å². The number of rotatable bonds is 5. The fourth-order valence-electron chi connectivity index (χ4n) is 2.84. The van der Waals surface area contributed by atoms with E-state index in [9.17, 15) is 4.57 Å². The molecule has 1 fully saturated rings. The summed E-state index contributed by atoms with van der Waals surface area (Å²) in [6.45, 7) is 7.40. The minimum absolute atomic E-state index is 0.202. The topological polar surface area (TPSA) is 44.8 Å². The molecule has 2 aliphatic rings. The van der Waals surface area contributed by atoms with Crippen LogP contribution in [0.25, 0.3) is 0 Å². The molecule has 0 amide bonds. The van der Waals surface area contributed by atoms with E-state index < -0.39 is 7.60 Å². The largest absolute Gasteiger partial charge is 0.378 e. The molecule has 0 aromatic carbocycles. The summed E-state index contributed by atoms with van der Waals surface area (Å²) in [7, 11) is -3.09. The van der Waals surface area contributed by atoms with Crippen LogP contribution in [0.3, 0.4) is 0 Å². The molecule has 0 unspecified atom stereocenters. The molecule has 0 spiro atoms. The highest BCUT2D eigenvalue weighted by molar-refractivity contribution is 7.58. The molecule has 1 aliphatic carbocycles. The molecule has 0 bridgehead atoms. The highest BCUT2D eigenvalue weighted by Gasteiger charge is 2.41. The third kappa shape index (κ3) is 2.72. The molecule has 4 nitrogen and oxygen atoms in total. The predicted octanol–water partition coefficient (Wildman–Crippen LogP) is 3.58. The minimum Gasteiger partial charge on any atom is -0.378 e. The first-order valence-electron chi connectivity index (χ1n) is 6.83. The van der Waals surface area contributed by atoms with Gasteiger partial charge in [0, 0.05) is 17.8 Å². The van der Waals surface area contributed by atoms with Crippen LogP contribution in [0.5, 0.6) is 0 Å². The van der Waals surface area contributed by atoms with Crippen molar-refractivity contribution in [1.82, 2.24) is 0 Å². The molecule has 1 heterocycles. The van der Waals surface area contributed by atoms with E-state index >= 15 is 0 Å². The minimum atomic E-state index is -3.09. The Labute approximate surface area is 109 Å². The fraction of sp³-hybridized carbons (Fsp3) is 0.846. The average molecular weight is 274 g/mol. The second-order valence-electron chi connectivity index (χ2n) is 4.92. The number of hydrogen-bond acceptors (Lipinski definition) is 4. The van der Waals surface area contributed by atoms with Crippen LogP contribution < -0.4 is 0 Å². The molecule has 18 heavy (non-hydrogen) atoms. The van der Waals surface area contributed by atoms with Crippen molar-refractivity contribution < 1.29 is 18.3 Å². The van der Waals surface area contributed by atoms with Crippen molar-refractivity contribution >= 4 is 7.60 Å². The van der Waals surface area contributed by atoms with E-state index in [1.165, 1.54) is 0 Å². The number of ether oxygens (including phenoxy) is 1. The first-order chi connectivity index (χ1) is 8.60. The van der Waals surface area contributed by atoms with Crippen molar-refractivity contribution in [3.8, 4) is 0 Å². The van der Waals surface area contributed by atoms with Crippen LogP contribution in [0.4, 0.5) is 0 Å². The number of fused-ring (bicyclic) bond motifs is 1. The van der Waals surface area contributed by atoms with Crippen molar-refractivity contribution in [3.63, 3.8) is 0 Å². The molecule has 0 radical (unpaired) electrons. The Kier molecular flexibility index (Phi) is 4.65. The molecule has 104 valence electrons. The molecular formula is C13H23O4P. The maximum Gasteiger partial charge on any atom is 0.357 e. The van der Waals surface area contributed by atoms with Gasteiger partial charge in [-0.05, 0) is 32.6 Å². The van der Waals surface area contributed by atoms with Crippen LogP contribution in [0, 0.1) is 11.8 Å². The second-order valence-corrected chi connectivity index (χ2v) is 6.95. The highest BCUT2D eigenvalue weighted by Crippen LogP contribution is 2.61. The molecular weight excluding hydrogens is 251 g/mol. The molecule has 1 aliphatic heterocycles. The van der Waals surface area contributed by atoms with Crippen LogP contribution in [0.1, 0.15) is 33.6 Å². The summed E-state index contributed by atoms with van der Waals surface area (Å²) < 4.78 is 29.4. The molecule has 0 aromatic rings. The molecule has 5 heteroatoms. The van der Waals surface area contributed by atoms with Gasteiger partial charge in [0.25, 0.3) is 0 Å². The summed E-state index contributed by atoms with van der Waals surface area (Å²) in [6.07, 6.45) is 4.32. The summed E-state index contributed by atoms with van der Waals surface area (Å²) in [5.41, 5.74) is 0. The lowest BCUT2D eigenvalue weighted by Gasteiger charge is -2.32. The van der Waals surface area contributed by atoms with Gasteiger partial charge in [-0.25, -0.2) is 0 Å². The average Bonchev–Trinajstić information content (AvgIpc) is 2.75. The van der Waals surface area contributed by atoms with Gasteiger partial charge in [-0.15, -0.1) is 0 Å². The van der Waals surface area contributed by atoms with Gasteiger partial charge >= 0.3 is 7.60 Å². The van der Waals surface area contributed by atoms with Gasteiger partial charge in [-0.1, -0.05) is 13.0 Å². The van der Waals surface area contributed by atoms with Crippen LogP contribution in [-0.2, 0) is 18.3 Å². The highest BCUT2D eigenvalue weighted by atomic mass is 31.2. The number of hydrogen-bond donors (Lipinski definition) is 0. The monoisotopic (exact) mass is 274 g/mol.